The highest BCUT2D eigenvalue weighted by Crippen LogP contribution is 2.29. The highest BCUT2D eigenvalue weighted by molar-refractivity contribution is 6.30. The van der Waals surface area contributed by atoms with E-state index in [1.807, 2.05) is 6.92 Å². The molecular formula is C24H23ClN2O5. The second kappa shape index (κ2) is 10.5. The second-order valence-electron chi connectivity index (χ2n) is 6.84. The highest BCUT2D eigenvalue weighted by atomic mass is 35.5. The van der Waals surface area contributed by atoms with Crippen molar-refractivity contribution in [1.29, 1.82) is 0 Å². The molecule has 0 spiro atoms. The monoisotopic (exact) mass is 454 g/mol. The van der Waals surface area contributed by atoms with Gasteiger partial charge in [-0.3, -0.25) is 9.59 Å². The quantitative estimate of drug-likeness (QED) is 0.503. The molecule has 0 atom stereocenters. The standard InChI is InChI=1S/C24H23ClN2O5/c1-15-12-17(25)5-10-20(15)27-24(29)16-4-11-21(22(13-16)31-3)32-14-23(28)26-18-6-8-19(30-2)9-7-18/h4-13H,14H2,1-3H3,(H,26,28)(H,27,29). The minimum absolute atomic E-state index is 0.224. The maximum Gasteiger partial charge on any atom is 0.262 e. The van der Waals surface area contributed by atoms with Crippen molar-refractivity contribution in [1.82, 2.24) is 0 Å². The molecular weight excluding hydrogens is 432 g/mol. The zero-order valence-corrected chi connectivity index (χ0v) is 18.7. The Hall–Kier alpha value is -3.71. The van der Waals surface area contributed by atoms with Crippen molar-refractivity contribution >= 4 is 34.8 Å². The van der Waals surface area contributed by atoms with Gasteiger partial charge in [0, 0.05) is 22.0 Å². The second-order valence-corrected chi connectivity index (χ2v) is 7.28. The number of rotatable bonds is 8. The summed E-state index contributed by atoms with van der Waals surface area (Å²) in [7, 11) is 3.03. The number of carbonyl (C=O) groups is 2. The summed E-state index contributed by atoms with van der Waals surface area (Å²) in [6.45, 7) is 1.63. The summed E-state index contributed by atoms with van der Waals surface area (Å²) in [5.74, 6) is 0.730. The molecule has 8 heteroatoms. The van der Waals surface area contributed by atoms with Gasteiger partial charge in [-0.25, -0.2) is 0 Å². The summed E-state index contributed by atoms with van der Waals surface area (Å²) in [6.07, 6.45) is 0. The van der Waals surface area contributed by atoms with E-state index in [2.05, 4.69) is 10.6 Å². The molecule has 7 nitrogen and oxygen atoms in total. The Morgan fingerprint density at radius 3 is 2.28 bits per heavy atom. The Labute approximate surface area is 191 Å². The molecule has 0 aromatic heterocycles. The molecule has 3 rings (SSSR count). The number of halogens is 1. The number of methoxy groups -OCH3 is 2. The first kappa shape index (κ1) is 23.0. The number of carbonyl (C=O) groups excluding carboxylic acids is 2. The SMILES string of the molecule is COc1ccc(NC(=O)COc2ccc(C(=O)Nc3ccc(Cl)cc3C)cc2OC)cc1. The van der Waals surface area contributed by atoms with Crippen LogP contribution >= 0.6 is 11.6 Å². The predicted molar refractivity (Wildman–Crippen MR) is 124 cm³/mol. The zero-order chi connectivity index (χ0) is 23.1. The van der Waals surface area contributed by atoms with E-state index in [1.54, 1.807) is 67.8 Å². The average molecular weight is 455 g/mol. The van der Waals surface area contributed by atoms with Gasteiger partial charge in [-0.05, 0) is 73.2 Å². The van der Waals surface area contributed by atoms with Crippen LogP contribution < -0.4 is 24.8 Å². The van der Waals surface area contributed by atoms with Crippen LogP contribution in [0.15, 0.2) is 60.7 Å². The lowest BCUT2D eigenvalue weighted by atomic mass is 10.1. The number of nitrogens with one attached hydrogen (secondary N) is 2. The summed E-state index contributed by atoms with van der Waals surface area (Å²) < 4.78 is 16.0. The summed E-state index contributed by atoms with van der Waals surface area (Å²) >= 11 is 5.96. The summed E-state index contributed by atoms with van der Waals surface area (Å²) in [4.78, 5) is 24.8. The molecule has 0 radical (unpaired) electrons. The van der Waals surface area contributed by atoms with Gasteiger partial charge >= 0.3 is 0 Å². The van der Waals surface area contributed by atoms with Crippen molar-refractivity contribution in [2.75, 3.05) is 31.5 Å². The number of ether oxygens (including phenoxy) is 3. The molecule has 0 aliphatic heterocycles. The zero-order valence-electron chi connectivity index (χ0n) is 17.9. The van der Waals surface area contributed by atoms with Crippen LogP contribution in [0.3, 0.4) is 0 Å². The van der Waals surface area contributed by atoms with Gasteiger partial charge in [0.1, 0.15) is 5.75 Å². The van der Waals surface area contributed by atoms with E-state index in [0.29, 0.717) is 39.2 Å². The first-order valence-electron chi connectivity index (χ1n) is 9.72. The number of amides is 2. The molecule has 2 amide bonds. The third-order valence-electron chi connectivity index (χ3n) is 4.60. The van der Waals surface area contributed by atoms with Gasteiger partial charge in [0.15, 0.2) is 18.1 Å². The molecule has 0 fully saturated rings. The van der Waals surface area contributed by atoms with Gasteiger partial charge in [-0.1, -0.05) is 11.6 Å². The first-order valence-corrected chi connectivity index (χ1v) is 10.1. The van der Waals surface area contributed by atoms with Crippen LogP contribution in [0.2, 0.25) is 5.02 Å². The molecule has 0 saturated heterocycles. The minimum Gasteiger partial charge on any atom is -0.497 e. The Bertz CT molecular complexity index is 1120. The number of aryl methyl sites for hydroxylation is 1. The van der Waals surface area contributed by atoms with Gasteiger partial charge in [0.25, 0.3) is 11.8 Å². The normalized spacial score (nSPS) is 10.2. The molecule has 0 aliphatic rings. The van der Waals surface area contributed by atoms with Crippen LogP contribution in [-0.4, -0.2) is 32.6 Å². The Kier molecular flexibility index (Phi) is 7.57. The molecule has 3 aromatic carbocycles. The lowest BCUT2D eigenvalue weighted by Crippen LogP contribution is -2.20. The largest absolute Gasteiger partial charge is 0.497 e. The molecule has 32 heavy (non-hydrogen) atoms. The molecule has 0 unspecified atom stereocenters. The molecule has 0 bridgehead atoms. The average Bonchev–Trinajstić information content (AvgIpc) is 2.79. The Balaban J connectivity index is 1.62. The smallest absolute Gasteiger partial charge is 0.262 e. The fourth-order valence-corrected chi connectivity index (χ4v) is 3.13. The van der Waals surface area contributed by atoms with Crippen molar-refractivity contribution in [3.05, 3.63) is 76.8 Å². The van der Waals surface area contributed by atoms with Crippen LogP contribution in [0, 0.1) is 6.92 Å². The fraction of sp³-hybridized carbons (Fsp3) is 0.167. The molecule has 0 aliphatic carbocycles. The summed E-state index contributed by atoms with van der Waals surface area (Å²) in [5, 5.41) is 6.17. The lowest BCUT2D eigenvalue weighted by Gasteiger charge is -2.13. The first-order chi connectivity index (χ1) is 15.4. The van der Waals surface area contributed by atoms with E-state index in [1.165, 1.54) is 7.11 Å². The van der Waals surface area contributed by atoms with Crippen LogP contribution in [0.1, 0.15) is 15.9 Å². The van der Waals surface area contributed by atoms with Crippen molar-refractivity contribution < 1.29 is 23.8 Å². The Morgan fingerprint density at radius 1 is 0.875 bits per heavy atom. The van der Waals surface area contributed by atoms with Gasteiger partial charge in [0.2, 0.25) is 0 Å². The minimum atomic E-state index is -0.336. The van der Waals surface area contributed by atoms with E-state index >= 15 is 0 Å². The number of anilines is 2. The maximum absolute atomic E-state index is 12.6. The van der Waals surface area contributed by atoms with Gasteiger partial charge in [0.05, 0.1) is 14.2 Å². The highest BCUT2D eigenvalue weighted by Gasteiger charge is 2.14. The van der Waals surface area contributed by atoms with Crippen molar-refractivity contribution in [2.24, 2.45) is 0 Å². The summed E-state index contributed by atoms with van der Waals surface area (Å²) in [6, 6.07) is 16.9. The van der Waals surface area contributed by atoms with E-state index < -0.39 is 0 Å². The molecule has 0 saturated carbocycles. The molecule has 2 N–H and O–H groups in total. The van der Waals surface area contributed by atoms with E-state index in [9.17, 15) is 9.59 Å². The van der Waals surface area contributed by atoms with E-state index in [4.69, 9.17) is 25.8 Å². The lowest BCUT2D eigenvalue weighted by molar-refractivity contribution is -0.118. The fourth-order valence-electron chi connectivity index (χ4n) is 2.90. The predicted octanol–water partition coefficient (Wildman–Crippen LogP) is 4.94. The van der Waals surface area contributed by atoms with Crippen molar-refractivity contribution in [2.45, 2.75) is 6.92 Å². The molecule has 3 aromatic rings. The van der Waals surface area contributed by atoms with Crippen LogP contribution in [0.25, 0.3) is 0 Å². The maximum atomic E-state index is 12.6. The van der Waals surface area contributed by atoms with Crippen LogP contribution in [0.5, 0.6) is 17.2 Å². The molecule has 0 heterocycles. The van der Waals surface area contributed by atoms with Gasteiger partial charge in [-0.2, -0.15) is 0 Å². The van der Waals surface area contributed by atoms with Gasteiger partial charge in [-0.15, -0.1) is 0 Å². The van der Waals surface area contributed by atoms with Crippen LogP contribution in [0.4, 0.5) is 11.4 Å². The third kappa shape index (κ3) is 5.92. The number of hydrogen-bond acceptors (Lipinski definition) is 5. The molecule has 166 valence electrons. The Morgan fingerprint density at radius 2 is 1.62 bits per heavy atom. The summed E-state index contributed by atoms with van der Waals surface area (Å²) in [5.41, 5.74) is 2.51. The topological polar surface area (TPSA) is 85.9 Å². The van der Waals surface area contributed by atoms with Crippen molar-refractivity contribution in [3.8, 4) is 17.2 Å². The van der Waals surface area contributed by atoms with Gasteiger partial charge < -0.3 is 24.8 Å². The number of benzene rings is 3. The van der Waals surface area contributed by atoms with Crippen molar-refractivity contribution in [3.63, 3.8) is 0 Å². The third-order valence-corrected chi connectivity index (χ3v) is 4.83. The van der Waals surface area contributed by atoms with Crippen LogP contribution in [-0.2, 0) is 4.79 Å². The van der Waals surface area contributed by atoms with E-state index in [0.717, 1.165) is 5.56 Å². The number of hydrogen-bond donors (Lipinski definition) is 2. The van der Waals surface area contributed by atoms with E-state index in [-0.39, 0.29) is 18.4 Å².